The van der Waals surface area contributed by atoms with Gasteiger partial charge in [0, 0.05) is 0 Å². The van der Waals surface area contributed by atoms with Crippen LogP contribution in [-0.2, 0) is 9.53 Å². The van der Waals surface area contributed by atoms with Gasteiger partial charge in [-0.1, -0.05) is 0 Å². The monoisotopic (exact) mass is 199 g/mol. The van der Waals surface area contributed by atoms with Crippen molar-refractivity contribution in [2.24, 2.45) is 0 Å². The summed E-state index contributed by atoms with van der Waals surface area (Å²) in [5.41, 5.74) is -0.680. The van der Waals surface area contributed by atoms with Crippen LogP contribution < -0.4 is 0 Å². The molecule has 1 heterocycles. The van der Waals surface area contributed by atoms with Crippen LogP contribution in [0.5, 0.6) is 0 Å². The summed E-state index contributed by atoms with van der Waals surface area (Å²) in [7, 11) is 0. The molecule has 1 rings (SSSR count). The molecule has 2 amide bonds. The molecular weight excluding hydrogens is 186 g/mol. The lowest BCUT2D eigenvalue weighted by Gasteiger charge is -2.23. The van der Waals surface area contributed by atoms with Gasteiger partial charge >= 0.3 is 6.09 Å². The van der Waals surface area contributed by atoms with Gasteiger partial charge in [-0.25, -0.2) is 4.79 Å². The number of ether oxygens (including phenoxy) is 1. The van der Waals surface area contributed by atoms with Gasteiger partial charge in [-0.3, -0.25) is 4.79 Å². The maximum absolute atomic E-state index is 11.4. The molecular formula is C9H13NO4. The molecule has 0 unspecified atom stereocenters. The van der Waals surface area contributed by atoms with Gasteiger partial charge < -0.3 is 9.84 Å². The minimum atomic E-state index is -0.839. The van der Waals surface area contributed by atoms with Crippen LogP contribution in [0, 0.1) is 0 Å². The van der Waals surface area contributed by atoms with Gasteiger partial charge in [0.05, 0.1) is 6.42 Å². The van der Waals surface area contributed by atoms with Gasteiger partial charge in [0.2, 0.25) is 5.91 Å². The Balaban J connectivity index is 2.70. The van der Waals surface area contributed by atoms with Crippen molar-refractivity contribution in [3.63, 3.8) is 0 Å². The van der Waals surface area contributed by atoms with Crippen molar-refractivity contribution < 1.29 is 19.4 Å². The largest absolute Gasteiger partial charge is 0.494 e. The Morgan fingerprint density at radius 3 is 2.50 bits per heavy atom. The molecule has 0 aromatic carbocycles. The molecule has 0 bridgehead atoms. The lowest BCUT2D eigenvalue weighted by molar-refractivity contribution is -0.127. The van der Waals surface area contributed by atoms with Crippen molar-refractivity contribution in [2.45, 2.75) is 32.8 Å². The van der Waals surface area contributed by atoms with Crippen LogP contribution >= 0.6 is 0 Å². The van der Waals surface area contributed by atoms with Gasteiger partial charge in [0.15, 0.2) is 5.88 Å². The summed E-state index contributed by atoms with van der Waals surface area (Å²) in [5, 5.41) is 9.19. The second-order valence-corrected chi connectivity index (χ2v) is 3.98. The molecule has 14 heavy (non-hydrogen) atoms. The standard InChI is InChI=1S/C9H13NO4/c1-9(2,3)14-8(13)10-6(11)4-5-7(10)12/h4,11H,5H2,1-3H3. The normalized spacial score (nSPS) is 16.9. The Labute approximate surface area is 82.0 Å². The van der Waals surface area contributed by atoms with Crippen molar-refractivity contribution in [1.82, 2.24) is 4.90 Å². The van der Waals surface area contributed by atoms with Gasteiger partial charge in [0.1, 0.15) is 5.60 Å². The molecule has 1 aliphatic rings. The van der Waals surface area contributed by atoms with Crippen LogP contribution in [0.4, 0.5) is 4.79 Å². The Morgan fingerprint density at radius 2 is 2.14 bits per heavy atom. The zero-order chi connectivity index (χ0) is 10.9. The Bertz CT molecular complexity index is 300. The first-order valence-corrected chi connectivity index (χ1v) is 4.26. The minimum absolute atomic E-state index is 0.0328. The zero-order valence-corrected chi connectivity index (χ0v) is 8.40. The third-order valence-electron chi connectivity index (χ3n) is 1.51. The van der Waals surface area contributed by atoms with Crippen LogP contribution in [-0.4, -0.2) is 27.6 Å². The molecule has 1 aliphatic heterocycles. The summed E-state index contributed by atoms with van der Waals surface area (Å²) in [4.78, 5) is 23.1. The van der Waals surface area contributed by atoms with Crippen molar-refractivity contribution >= 4 is 12.0 Å². The summed E-state index contributed by atoms with van der Waals surface area (Å²) in [6.07, 6.45) is 0.464. The molecule has 0 saturated heterocycles. The number of amides is 2. The first-order valence-electron chi connectivity index (χ1n) is 4.26. The van der Waals surface area contributed by atoms with E-state index in [9.17, 15) is 14.7 Å². The number of hydrogen-bond donors (Lipinski definition) is 1. The minimum Gasteiger partial charge on any atom is -0.494 e. The topological polar surface area (TPSA) is 66.8 Å². The number of aliphatic hydroxyl groups is 1. The van der Waals surface area contributed by atoms with Gasteiger partial charge in [-0.15, -0.1) is 0 Å². The number of hydrogen-bond acceptors (Lipinski definition) is 4. The number of carbonyl (C=O) groups excluding carboxylic acids is 2. The highest BCUT2D eigenvalue weighted by Crippen LogP contribution is 2.18. The molecule has 0 aromatic rings. The summed E-state index contributed by atoms with van der Waals surface area (Å²) in [6, 6.07) is 0. The van der Waals surface area contributed by atoms with Gasteiger partial charge in [-0.05, 0) is 26.8 Å². The molecule has 0 spiro atoms. The number of carbonyl (C=O) groups is 2. The van der Waals surface area contributed by atoms with Gasteiger partial charge in [-0.2, -0.15) is 4.90 Å². The number of rotatable bonds is 0. The molecule has 0 saturated carbocycles. The molecule has 0 fully saturated rings. The molecule has 0 aliphatic carbocycles. The van der Waals surface area contributed by atoms with E-state index < -0.39 is 17.6 Å². The van der Waals surface area contributed by atoms with E-state index in [1.165, 1.54) is 6.08 Å². The van der Waals surface area contributed by atoms with Crippen molar-refractivity contribution in [3.8, 4) is 0 Å². The zero-order valence-electron chi connectivity index (χ0n) is 8.40. The van der Waals surface area contributed by atoms with Crippen LogP contribution in [0.1, 0.15) is 27.2 Å². The summed E-state index contributed by atoms with van der Waals surface area (Å²) in [5.74, 6) is -0.832. The van der Waals surface area contributed by atoms with E-state index in [0.29, 0.717) is 4.90 Å². The molecule has 5 heteroatoms. The Morgan fingerprint density at radius 1 is 1.57 bits per heavy atom. The van der Waals surface area contributed by atoms with Crippen LogP contribution in [0.2, 0.25) is 0 Å². The average molecular weight is 199 g/mol. The van der Waals surface area contributed by atoms with Gasteiger partial charge in [0.25, 0.3) is 0 Å². The van der Waals surface area contributed by atoms with Crippen LogP contribution in [0.15, 0.2) is 12.0 Å². The highest BCUT2D eigenvalue weighted by molar-refractivity contribution is 5.96. The quantitative estimate of drug-likeness (QED) is 0.642. The van der Waals surface area contributed by atoms with Crippen molar-refractivity contribution in [3.05, 3.63) is 12.0 Å². The fourth-order valence-electron chi connectivity index (χ4n) is 0.992. The van der Waals surface area contributed by atoms with E-state index in [1.807, 2.05) is 0 Å². The predicted octanol–water partition coefficient (Wildman–Crippen LogP) is 1.55. The average Bonchev–Trinajstić information content (AvgIpc) is 2.27. The fraction of sp³-hybridized carbons (Fsp3) is 0.556. The van der Waals surface area contributed by atoms with E-state index in [2.05, 4.69) is 0 Å². The SMILES string of the molecule is CC(C)(C)OC(=O)N1C(=O)CC=C1O. The second-order valence-electron chi connectivity index (χ2n) is 3.98. The highest BCUT2D eigenvalue weighted by Gasteiger charge is 2.33. The molecule has 5 nitrogen and oxygen atoms in total. The smallest absolute Gasteiger partial charge is 0.424 e. The first kappa shape index (κ1) is 10.6. The van der Waals surface area contributed by atoms with Crippen molar-refractivity contribution in [2.75, 3.05) is 0 Å². The van der Waals surface area contributed by atoms with E-state index in [-0.39, 0.29) is 12.3 Å². The molecule has 0 atom stereocenters. The maximum atomic E-state index is 11.4. The lowest BCUT2D eigenvalue weighted by atomic mass is 10.2. The van der Waals surface area contributed by atoms with Crippen LogP contribution in [0.25, 0.3) is 0 Å². The Hall–Kier alpha value is -1.52. The number of imide groups is 1. The first-order chi connectivity index (χ1) is 6.31. The number of nitrogens with zero attached hydrogens (tertiary/aromatic N) is 1. The molecule has 0 aromatic heterocycles. The summed E-state index contributed by atoms with van der Waals surface area (Å²) < 4.78 is 4.93. The highest BCUT2D eigenvalue weighted by atomic mass is 16.6. The summed E-state index contributed by atoms with van der Waals surface area (Å²) >= 11 is 0. The van der Waals surface area contributed by atoms with E-state index in [0.717, 1.165) is 0 Å². The summed E-state index contributed by atoms with van der Waals surface area (Å²) in [6.45, 7) is 5.06. The predicted molar refractivity (Wildman–Crippen MR) is 48.4 cm³/mol. The van der Waals surface area contributed by atoms with Crippen molar-refractivity contribution in [1.29, 1.82) is 0 Å². The third kappa shape index (κ3) is 2.25. The molecule has 78 valence electrons. The third-order valence-corrected chi connectivity index (χ3v) is 1.51. The molecule has 1 N–H and O–H groups in total. The van der Waals surface area contributed by atoms with Crippen LogP contribution in [0.3, 0.4) is 0 Å². The number of aliphatic hydroxyl groups excluding tert-OH is 1. The fourth-order valence-corrected chi connectivity index (χ4v) is 0.992. The Kier molecular flexibility index (Phi) is 2.51. The lowest BCUT2D eigenvalue weighted by Crippen LogP contribution is -2.37. The molecule has 0 radical (unpaired) electrons. The second kappa shape index (κ2) is 3.32. The van der Waals surface area contributed by atoms with E-state index >= 15 is 0 Å². The van der Waals surface area contributed by atoms with E-state index in [4.69, 9.17) is 4.74 Å². The maximum Gasteiger partial charge on any atom is 0.424 e. The van der Waals surface area contributed by atoms with E-state index in [1.54, 1.807) is 20.8 Å².